The van der Waals surface area contributed by atoms with Crippen molar-refractivity contribution in [1.82, 2.24) is 5.32 Å². The van der Waals surface area contributed by atoms with Gasteiger partial charge in [0.2, 0.25) is 0 Å². The molecule has 0 aliphatic heterocycles. The minimum Gasteiger partial charge on any atom is -0.395 e. The van der Waals surface area contributed by atoms with Crippen LogP contribution < -0.4 is 10.6 Å². The molecule has 3 N–H and O–H groups in total. The van der Waals surface area contributed by atoms with Crippen LogP contribution in [-0.2, 0) is 0 Å². The summed E-state index contributed by atoms with van der Waals surface area (Å²) in [6.07, 6.45) is 1.06. The fourth-order valence-corrected chi connectivity index (χ4v) is 1.21. The van der Waals surface area contributed by atoms with Crippen LogP contribution in [0.4, 0.5) is 5.69 Å². The van der Waals surface area contributed by atoms with Crippen molar-refractivity contribution in [3.8, 4) is 0 Å². The Balaban J connectivity index is 1.99. The molecule has 0 atom stereocenters. The number of para-hydroxylation sites is 1. The van der Waals surface area contributed by atoms with Gasteiger partial charge in [0.15, 0.2) is 0 Å². The summed E-state index contributed by atoms with van der Waals surface area (Å²) < 4.78 is 0. The largest absolute Gasteiger partial charge is 0.395 e. The van der Waals surface area contributed by atoms with Crippen LogP contribution in [0.2, 0.25) is 0 Å². The van der Waals surface area contributed by atoms with E-state index in [0.717, 1.165) is 25.2 Å². The van der Waals surface area contributed by atoms with Crippen LogP contribution in [0.5, 0.6) is 0 Å². The molecule has 0 spiro atoms. The first-order valence-corrected chi connectivity index (χ1v) is 5.04. The van der Waals surface area contributed by atoms with Crippen molar-refractivity contribution >= 4 is 5.69 Å². The number of anilines is 1. The van der Waals surface area contributed by atoms with Gasteiger partial charge >= 0.3 is 0 Å². The minimum atomic E-state index is 0.214. The van der Waals surface area contributed by atoms with Crippen molar-refractivity contribution in [2.45, 2.75) is 6.42 Å². The molecule has 0 amide bonds. The van der Waals surface area contributed by atoms with E-state index in [0.29, 0.717) is 6.54 Å². The van der Waals surface area contributed by atoms with Gasteiger partial charge in [-0.2, -0.15) is 0 Å². The molecular weight excluding hydrogens is 176 g/mol. The van der Waals surface area contributed by atoms with Gasteiger partial charge in [0, 0.05) is 18.8 Å². The second kappa shape index (κ2) is 7.35. The normalized spacial score (nSPS) is 10.1. The van der Waals surface area contributed by atoms with Crippen molar-refractivity contribution in [1.29, 1.82) is 0 Å². The van der Waals surface area contributed by atoms with E-state index in [9.17, 15) is 0 Å². The zero-order valence-corrected chi connectivity index (χ0v) is 8.37. The van der Waals surface area contributed by atoms with Gasteiger partial charge in [-0.1, -0.05) is 18.2 Å². The van der Waals surface area contributed by atoms with E-state index in [1.165, 1.54) is 0 Å². The maximum atomic E-state index is 8.52. The average Bonchev–Trinajstić information content (AvgIpc) is 2.25. The lowest BCUT2D eigenvalue weighted by Gasteiger charge is -2.06. The molecule has 14 heavy (non-hydrogen) atoms. The lowest BCUT2D eigenvalue weighted by atomic mass is 10.3. The van der Waals surface area contributed by atoms with E-state index in [2.05, 4.69) is 22.8 Å². The van der Waals surface area contributed by atoms with Gasteiger partial charge in [-0.25, -0.2) is 0 Å². The highest BCUT2D eigenvalue weighted by Crippen LogP contribution is 2.03. The SMILES string of the molecule is OCCNCCCNc1ccccc1. The average molecular weight is 194 g/mol. The predicted octanol–water partition coefficient (Wildman–Crippen LogP) is 1.07. The number of hydrogen-bond acceptors (Lipinski definition) is 3. The van der Waals surface area contributed by atoms with Gasteiger partial charge in [-0.3, -0.25) is 0 Å². The lowest BCUT2D eigenvalue weighted by Crippen LogP contribution is -2.21. The monoisotopic (exact) mass is 194 g/mol. The number of rotatable bonds is 7. The van der Waals surface area contributed by atoms with Gasteiger partial charge in [-0.15, -0.1) is 0 Å². The summed E-state index contributed by atoms with van der Waals surface area (Å²) in [6, 6.07) is 10.2. The van der Waals surface area contributed by atoms with Gasteiger partial charge in [0.1, 0.15) is 0 Å². The molecule has 0 heterocycles. The van der Waals surface area contributed by atoms with Crippen LogP contribution in [-0.4, -0.2) is 31.3 Å². The van der Waals surface area contributed by atoms with Crippen molar-refractivity contribution in [3.63, 3.8) is 0 Å². The maximum absolute atomic E-state index is 8.52. The van der Waals surface area contributed by atoms with Gasteiger partial charge in [-0.05, 0) is 25.1 Å². The molecule has 0 unspecified atom stereocenters. The maximum Gasteiger partial charge on any atom is 0.0555 e. The van der Waals surface area contributed by atoms with E-state index in [-0.39, 0.29) is 6.61 Å². The Kier molecular flexibility index (Phi) is 5.79. The summed E-state index contributed by atoms with van der Waals surface area (Å²) in [5, 5.41) is 15.0. The minimum absolute atomic E-state index is 0.214. The van der Waals surface area contributed by atoms with Gasteiger partial charge in [0.25, 0.3) is 0 Å². The van der Waals surface area contributed by atoms with E-state index < -0.39 is 0 Å². The zero-order chi connectivity index (χ0) is 10.1. The first kappa shape index (κ1) is 11.0. The quantitative estimate of drug-likeness (QED) is 0.569. The fourth-order valence-electron chi connectivity index (χ4n) is 1.21. The third-order valence-corrected chi connectivity index (χ3v) is 1.92. The predicted molar refractivity (Wildman–Crippen MR) is 59.5 cm³/mol. The summed E-state index contributed by atoms with van der Waals surface area (Å²) in [7, 11) is 0. The van der Waals surface area contributed by atoms with Crippen LogP contribution in [0, 0.1) is 0 Å². The van der Waals surface area contributed by atoms with Crippen LogP contribution in [0.1, 0.15) is 6.42 Å². The highest BCUT2D eigenvalue weighted by molar-refractivity contribution is 5.42. The summed E-state index contributed by atoms with van der Waals surface area (Å²) in [5.41, 5.74) is 1.16. The van der Waals surface area contributed by atoms with E-state index >= 15 is 0 Å². The third kappa shape index (κ3) is 4.84. The number of benzene rings is 1. The molecule has 78 valence electrons. The third-order valence-electron chi connectivity index (χ3n) is 1.92. The standard InChI is InChI=1S/C11H18N2O/c14-10-9-12-7-4-8-13-11-5-2-1-3-6-11/h1-3,5-6,12-14H,4,7-10H2. The van der Waals surface area contributed by atoms with Crippen molar-refractivity contribution in [2.75, 3.05) is 31.6 Å². The molecule has 0 radical (unpaired) electrons. The second-order valence-electron chi connectivity index (χ2n) is 3.12. The van der Waals surface area contributed by atoms with Crippen LogP contribution in [0.3, 0.4) is 0 Å². The molecule has 0 aliphatic rings. The van der Waals surface area contributed by atoms with Crippen LogP contribution in [0.25, 0.3) is 0 Å². The van der Waals surface area contributed by atoms with E-state index in [1.54, 1.807) is 0 Å². The Morgan fingerprint density at radius 3 is 2.50 bits per heavy atom. The topological polar surface area (TPSA) is 44.3 Å². The highest BCUT2D eigenvalue weighted by Gasteiger charge is 1.89. The molecule has 0 bridgehead atoms. The molecule has 0 fully saturated rings. The summed E-state index contributed by atoms with van der Waals surface area (Å²) in [6.45, 7) is 2.81. The van der Waals surface area contributed by atoms with E-state index in [4.69, 9.17) is 5.11 Å². The first-order chi connectivity index (χ1) is 6.93. The highest BCUT2D eigenvalue weighted by atomic mass is 16.3. The fraction of sp³-hybridized carbons (Fsp3) is 0.455. The number of hydrogen-bond donors (Lipinski definition) is 3. The van der Waals surface area contributed by atoms with Crippen LogP contribution in [0.15, 0.2) is 30.3 Å². The molecule has 0 saturated heterocycles. The van der Waals surface area contributed by atoms with Crippen molar-refractivity contribution in [2.24, 2.45) is 0 Å². The summed E-state index contributed by atoms with van der Waals surface area (Å²) >= 11 is 0. The number of nitrogens with one attached hydrogen (secondary N) is 2. The molecule has 1 aromatic carbocycles. The number of aliphatic hydroxyl groups excluding tert-OH is 1. The summed E-state index contributed by atoms with van der Waals surface area (Å²) in [4.78, 5) is 0. The van der Waals surface area contributed by atoms with Crippen LogP contribution >= 0.6 is 0 Å². The Bertz CT molecular complexity index is 226. The summed E-state index contributed by atoms with van der Waals surface area (Å²) in [5.74, 6) is 0. The van der Waals surface area contributed by atoms with Gasteiger partial charge < -0.3 is 15.7 Å². The molecule has 0 aliphatic carbocycles. The number of aliphatic hydroxyl groups is 1. The second-order valence-corrected chi connectivity index (χ2v) is 3.12. The Labute approximate surface area is 85.2 Å². The van der Waals surface area contributed by atoms with Crippen molar-refractivity contribution in [3.05, 3.63) is 30.3 Å². The first-order valence-electron chi connectivity index (χ1n) is 5.04. The molecule has 1 rings (SSSR count). The zero-order valence-electron chi connectivity index (χ0n) is 8.37. The molecule has 3 heteroatoms. The van der Waals surface area contributed by atoms with Crippen molar-refractivity contribution < 1.29 is 5.11 Å². The smallest absolute Gasteiger partial charge is 0.0555 e. The molecular formula is C11H18N2O. The Morgan fingerprint density at radius 1 is 1.00 bits per heavy atom. The molecule has 3 nitrogen and oxygen atoms in total. The van der Waals surface area contributed by atoms with Gasteiger partial charge in [0.05, 0.1) is 6.61 Å². The molecule has 1 aromatic rings. The Hall–Kier alpha value is -1.06. The molecule has 0 saturated carbocycles. The Morgan fingerprint density at radius 2 is 1.79 bits per heavy atom. The molecule has 0 aromatic heterocycles. The lowest BCUT2D eigenvalue weighted by molar-refractivity contribution is 0.292. The van der Waals surface area contributed by atoms with E-state index in [1.807, 2.05) is 18.2 Å².